The van der Waals surface area contributed by atoms with Gasteiger partial charge in [0.25, 0.3) is 5.91 Å². The van der Waals surface area contributed by atoms with Crippen molar-refractivity contribution in [2.45, 2.75) is 13.0 Å². The fraction of sp³-hybridized carbons (Fsp3) is 0.300. The molecule has 0 aliphatic rings. The highest BCUT2D eigenvalue weighted by Gasteiger charge is 2.21. The summed E-state index contributed by atoms with van der Waals surface area (Å²) >= 11 is 12.3. The lowest BCUT2D eigenvalue weighted by Gasteiger charge is -2.25. The fourth-order valence-corrected chi connectivity index (χ4v) is 3.67. The third kappa shape index (κ3) is 4.09. The van der Waals surface area contributed by atoms with Crippen LogP contribution in [-0.4, -0.2) is 47.9 Å². The van der Waals surface area contributed by atoms with Crippen LogP contribution in [0.2, 0.25) is 10.0 Å². The molecule has 1 atom stereocenters. The number of aromatic nitrogens is 2. The zero-order valence-electron chi connectivity index (χ0n) is 16.2. The third-order valence-electron chi connectivity index (χ3n) is 4.61. The number of imidazole rings is 1. The Kier molecular flexibility index (Phi) is 6.13. The van der Waals surface area contributed by atoms with Crippen molar-refractivity contribution >= 4 is 34.8 Å². The predicted molar refractivity (Wildman–Crippen MR) is 112 cm³/mol. The first-order chi connectivity index (χ1) is 13.3. The van der Waals surface area contributed by atoms with E-state index in [0.717, 1.165) is 11.3 Å². The van der Waals surface area contributed by atoms with Crippen LogP contribution in [-0.2, 0) is 0 Å². The van der Waals surface area contributed by atoms with Crippen molar-refractivity contribution < 1.29 is 9.53 Å². The second-order valence-corrected chi connectivity index (χ2v) is 7.55. The van der Waals surface area contributed by atoms with E-state index in [1.165, 1.54) is 0 Å². The van der Waals surface area contributed by atoms with Crippen molar-refractivity contribution in [1.82, 2.24) is 19.6 Å². The summed E-state index contributed by atoms with van der Waals surface area (Å²) in [7, 11) is 5.58. The Morgan fingerprint density at radius 3 is 2.57 bits per heavy atom. The normalized spacial score (nSPS) is 12.4. The lowest BCUT2D eigenvalue weighted by Crippen LogP contribution is -2.35. The van der Waals surface area contributed by atoms with Crippen molar-refractivity contribution in [3.63, 3.8) is 0 Å². The van der Waals surface area contributed by atoms with Gasteiger partial charge >= 0.3 is 0 Å². The number of pyridine rings is 1. The van der Waals surface area contributed by atoms with E-state index in [0.29, 0.717) is 33.6 Å². The Morgan fingerprint density at radius 1 is 1.29 bits per heavy atom. The standard InChI is InChI=1S/C20H22Cl2N4O2/c1-12-18(26-11-14(21)9-16(22)19(26)24-12)20(27)23-10-17(25(2)3)13-5-7-15(28-4)8-6-13/h5-9,11,17H,10H2,1-4H3,(H,23,27). The molecule has 8 heteroatoms. The lowest BCUT2D eigenvalue weighted by molar-refractivity contribution is 0.0935. The van der Waals surface area contributed by atoms with Gasteiger partial charge in [0.15, 0.2) is 5.65 Å². The number of ether oxygens (including phenoxy) is 1. The number of halogens is 2. The molecular formula is C20H22Cl2N4O2. The Labute approximate surface area is 174 Å². The van der Waals surface area contributed by atoms with E-state index >= 15 is 0 Å². The number of likely N-dealkylation sites (N-methyl/N-ethyl adjacent to an activating group) is 1. The van der Waals surface area contributed by atoms with Crippen molar-refractivity contribution in [2.24, 2.45) is 0 Å². The van der Waals surface area contributed by atoms with Gasteiger partial charge in [0, 0.05) is 12.7 Å². The first-order valence-corrected chi connectivity index (χ1v) is 9.49. The number of amides is 1. The third-order valence-corrected chi connectivity index (χ3v) is 5.10. The number of nitrogens with zero attached hydrogens (tertiary/aromatic N) is 3. The van der Waals surface area contributed by atoms with Crippen molar-refractivity contribution in [1.29, 1.82) is 0 Å². The maximum Gasteiger partial charge on any atom is 0.270 e. The zero-order chi connectivity index (χ0) is 20.4. The van der Waals surface area contributed by atoms with Crippen LogP contribution in [0, 0.1) is 6.92 Å². The van der Waals surface area contributed by atoms with Gasteiger partial charge in [-0.25, -0.2) is 4.98 Å². The molecular weight excluding hydrogens is 399 g/mol. The number of carbonyl (C=O) groups is 1. The highest BCUT2D eigenvalue weighted by Crippen LogP contribution is 2.25. The average Bonchev–Trinajstić information content (AvgIpc) is 2.98. The summed E-state index contributed by atoms with van der Waals surface area (Å²) in [6, 6.07) is 9.42. The number of hydrogen-bond donors (Lipinski definition) is 1. The van der Waals surface area contributed by atoms with Gasteiger partial charge in [-0.3, -0.25) is 9.20 Å². The minimum Gasteiger partial charge on any atom is -0.497 e. The van der Waals surface area contributed by atoms with E-state index in [9.17, 15) is 4.79 Å². The molecule has 0 spiro atoms. The summed E-state index contributed by atoms with van der Waals surface area (Å²) < 4.78 is 6.85. The monoisotopic (exact) mass is 420 g/mol. The largest absolute Gasteiger partial charge is 0.497 e. The minimum absolute atomic E-state index is 0.00141. The molecule has 1 amide bonds. The smallest absolute Gasteiger partial charge is 0.270 e. The minimum atomic E-state index is -0.233. The molecule has 6 nitrogen and oxygen atoms in total. The Balaban J connectivity index is 1.83. The molecule has 3 aromatic rings. The molecule has 0 radical (unpaired) electrons. The number of rotatable bonds is 6. The molecule has 2 aromatic heterocycles. The maximum absolute atomic E-state index is 12.9. The number of methoxy groups -OCH3 is 1. The number of nitrogens with one attached hydrogen (secondary N) is 1. The van der Waals surface area contributed by atoms with Gasteiger partial charge in [-0.1, -0.05) is 35.3 Å². The van der Waals surface area contributed by atoms with Crippen LogP contribution in [0.25, 0.3) is 5.65 Å². The second-order valence-electron chi connectivity index (χ2n) is 6.71. The molecule has 0 bridgehead atoms. The summed E-state index contributed by atoms with van der Waals surface area (Å²) in [6.07, 6.45) is 1.64. The molecule has 0 fully saturated rings. The number of carbonyl (C=O) groups excluding carboxylic acids is 1. The van der Waals surface area contributed by atoms with E-state index in [1.54, 1.807) is 30.7 Å². The van der Waals surface area contributed by atoms with Gasteiger partial charge in [-0.2, -0.15) is 0 Å². The molecule has 0 saturated heterocycles. The highest BCUT2D eigenvalue weighted by atomic mass is 35.5. The van der Waals surface area contributed by atoms with Gasteiger partial charge in [-0.05, 0) is 44.8 Å². The molecule has 2 heterocycles. The van der Waals surface area contributed by atoms with Gasteiger partial charge in [0.1, 0.15) is 11.4 Å². The fourth-order valence-electron chi connectivity index (χ4n) is 3.16. The molecule has 28 heavy (non-hydrogen) atoms. The highest BCUT2D eigenvalue weighted by molar-refractivity contribution is 6.36. The first kappa shape index (κ1) is 20.5. The maximum atomic E-state index is 12.9. The van der Waals surface area contributed by atoms with E-state index in [2.05, 4.69) is 15.2 Å². The second kappa shape index (κ2) is 8.39. The van der Waals surface area contributed by atoms with Crippen LogP contribution in [0.3, 0.4) is 0 Å². The number of aryl methyl sites for hydroxylation is 1. The number of hydrogen-bond acceptors (Lipinski definition) is 4. The predicted octanol–water partition coefficient (Wildman–Crippen LogP) is 3.99. The molecule has 1 N–H and O–H groups in total. The van der Waals surface area contributed by atoms with Gasteiger partial charge in [0.2, 0.25) is 0 Å². The van der Waals surface area contributed by atoms with Gasteiger partial charge in [0.05, 0.1) is 28.9 Å². The van der Waals surface area contributed by atoms with E-state index < -0.39 is 0 Å². The van der Waals surface area contributed by atoms with Crippen LogP contribution in [0.1, 0.15) is 27.8 Å². The van der Waals surface area contributed by atoms with Crippen LogP contribution in [0.4, 0.5) is 0 Å². The van der Waals surface area contributed by atoms with E-state index in [1.807, 2.05) is 38.4 Å². The molecule has 3 rings (SSSR count). The summed E-state index contributed by atoms with van der Waals surface area (Å²) in [5.74, 6) is 0.559. The topological polar surface area (TPSA) is 58.9 Å². The zero-order valence-corrected chi connectivity index (χ0v) is 17.7. The Morgan fingerprint density at radius 2 is 1.96 bits per heavy atom. The number of fused-ring (bicyclic) bond motifs is 1. The van der Waals surface area contributed by atoms with Crippen LogP contribution in [0.5, 0.6) is 5.75 Å². The van der Waals surface area contributed by atoms with Crippen LogP contribution >= 0.6 is 23.2 Å². The van der Waals surface area contributed by atoms with Gasteiger partial charge < -0.3 is 15.0 Å². The summed E-state index contributed by atoms with van der Waals surface area (Å²) in [6.45, 7) is 2.21. The van der Waals surface area contributed by atoms with E-state index in [-0.39, 0.29) is 11.9 Å². The Bertz CT molecular complexity index is 1000. The van der Waals surface area contributed by atoms with Crippen molar-refractivity contribution in [2.75, 3.05) is 27.7 Å². The van der Waals surface area contributed by atoms with E-state index in [4.69, 9.17) is 27.9 Å². The Hall–Kier alpha value is -2.28. The van der Waals surface area contributed by atoms with Gasteiger partial charge in [-0.15, -0.1) is 0 Å². The summed E-state index contributed by atoms with van der Waals surface area (Å²) in [4.78, 5) is 19.4. The van der Waals surface area contributed by atoms with Crippen molar-refractivity contribution in [3.05, 3.63) is 63.5 Å². The molecule has 0 aliphatic heterocycles. The molecule has 1 unspecified atom stereocenters. The molecule has 1 aromatic carbocycles. The first-order valence-electron chi connectivity index (χ1n) is 8.74. The SMILES string of the molecule is COc1ccc(C(CNC(=O)c2c(C)nc3c(Cl)cc(Cl)cn23)N(C)C)cc1. The van der Waals surface area contributed by atoms with Crippen molar-refractivity contribution in [3.8, 4) is 5.75 Å². The average molecular weight is 421 g/mol. The summed E-state index contributed by atoms with van der Waals surface area (Å²) in [5, 5.41) is 3.85. The van der Waals surface area contributed by atoms with Crippen LogP contribution in [0.15, 0.2) is 36.5 Å². The summed E-state index contributed by atoms with van der Waals surface area (Å²) in [5.41, 5.74) is 2.60. The molecule has 0 saturated carbocycles. The molecule has 148 valence electrons. The molecule has 0 aliphatic carbocycles. The quantitative estimate of drug-likeness (QED) is 0.654. The van der Waals surface area contributed by atoms with Crippen LogP contribution < -0.4 is 10.1 Å². The number of benzene rings is 1. The lowest BCUT2D eigenvalue weighted by atomic mass is 10.1.